The molecule has 0 fully saturated rings. The Kier molecular flexibility index (Phi) is 5.60. The monoisotopic (exact) mass is 331 g/mol. The van der Waals surface area contributed by atoms with Gasteiger partial charge in [0.05, 0.1) is 0 Å². The number of aryl methyl sites for hydroxylation is 1. The predicted octanol–water partition coefficient (Wildman–Crippen LogP) is 4.04. The highest BCUT2D eigenvalue weighted by Crippen LogP contribution is 2.21. The molecule has 0 aliphatic rings. The highest BCUT2D eigenvalue weighted by molar-refractivity contribution is 6.31. The number of hydrogen-bond acceptors (Lipinski definition) is 2. The van der Waals surface area contributed by atoms with Gasteiger partial charge < -0.3 is 16.0 Å². The first kappa shape index (κ1) is 16.8. The number of rotatable bonds is 4. The van der Waals surface area contributed by atoms with Gasteiger partial charge in [-0.05, 0) is 49.7 Å². The molecule has 0 aliphatic heterocycles. The highest BCUT2D eigenvalue weighted by atomic mass is 35.5. The van der Waals surface area contributed by atoms with E-state index in [1.165, 1.54) is 0 Å². The quantitative estimate of drug-likeness (QED) is 0.791. The molecular formula is C17H18ClN3O2. The number of carbonyl (C=O) groups excluding carboxylic acids is 2. The lowest BCUT2D eigenvalue weighted by Gasteiger charge is -2.12. The minimum atomic E-state index is -0.288. The lowest BCUT2D eigenvalue weighted by Crippen LogP contribution is -2.28. The van der Waals surface area contributed by atoms with Crippen LogP contribution in [-0.2, 0) is 0 Å². The molecule has 0 aromatic heterocycles. The SMILES string of the molecule is CCNC(=O)Nc1ccc(C)c(NC(=O)c2cccc(Cl)c2)c1. The standard InChI is InChI=1S/C17H18ClN3O2/c1-3-19-17(23)20-14-8-7-11(2)15(10-14)21-16(22)12-5-4-6-13(18)9-12/h4-10H,3H2,1-2H3,(H,21,22)(H2,19,20,23). The normalized spacial score (nSPS) is 10.0. The van der Waals surface area contributed by atoms with Crippen LogP contribution in [0, 0.1) is 6.92 Å². The van der Waals surface area contributed by atoms with Gasteiger partial charge in [-0.1, -0.05) is 23.7 Å². The van der Waals surface area contributed by atoms with Crippen LogP contribution in [0.15, 0.2) is 42.5 Å². The summed E-state index contributed by atoms with van der Waals surface area (Å²) in [4.78, 5) is 23.9. The molecule has 120 valence electrons. The number of amides is 3. The van der Waals surface area contributed by atoms with Crippen LogP contribution >= 0.6 is 11.6 Å². The Labute approximate surface area is 140 Å². The van der Waals surface area contributed by atoms with E-state index in [9.17, 15) is 9.59 Å². The molecule has 2 aromatic carbocycles. The van der Waals surface area contributed by atoms with Crippen molar-refractivity contribution in [3.8, 4) is 0 Å². The molecule has 0 heterocycles. The van der Waals surface area contributed by atoms with Crippen molar-refractivity contribution in [1.82, 2.24) is 5.32 Å². The average Bonchev–Trinajstić information content (AvgIpc) is 2.51. The van der Waals surface area contributed by atoms with Crippen LogP contribution in [0.2, 0.25) is 5.02 Å². The molecule has 0 spiro atoms. The van der Waals surface area contributed by atoms with E-state index in [0.717, 1.165) is 5.56 Å². The lowest BCUT2D eigenvalue weighted by molar-refractivity contribution is 0.102. The third-order valence-corrected chi connectivity index (χ3v) is 3.40. The Balaban J connectivity index is 2.15. The largest absolute Gasteiger partial charge is 0.338 e. The number of benzene rings is 2. The van der Waals surface area contributed by atoms with Gasteiger partial charge in [-0.2, -0.15) is 0 Å². The van der Waals surface area contributed by atoms with E-state index < -0.39 is 0 Å². The second kappa shape index (κ2) is 7.65. The molecule has 2 aromatic rings. The molecule has 0 radical (unpaired) electrons. The molecule has 5 nitrogen and oxygen atoms in total. The van der Waals surface area contributed by atoms with Crippen LogP contribution in [-0.4, -0.2) is 18.5 Å². The number of urea groups is 1. The van der Waals surface area contributed by atoms with Gasteiger partial charge in [0, 0.05) is 28.5 Å². The van der Waals surface area contributed by atoms with Gasteiger partial charge in [0.25, 0.3) is 5.91 Å². The fourth-order valence-electron chi connectivity index (χ4n) is 1.99. The summed E-state index contributed by atoms with van der Waals surface area (Å²) in [6.45, 7) is 4.25. The van der Waals surface area contributed by atoms with Crippen LogP contribution < -0.4 is 16.0 Å². The first-order chi connectivity index (χ1) is 11.0. The van der Waals surface area contributed by atoms with Crippen LogP contribution in [0.25, 0.3) is 0 Å². The van der Waals surface area contributed by atoms with E-state index in [0.29, 0.717) is 28.5 Å². The lowest BCUT2D eigenvalue weighted by atomic mass is 10.1. The van der Waals surface area contributed by atoms with Crippen molar-refractivity contribution in [1.29, 1.82) is 0 Å². The maximum atomic E-state index is 12.3. The molecule has 6 heteroatoms. The number of hydrogen-bond donors (Lipinski definition) is 3. The van der Waals surface area contributed by atoms with E-state index in [2.05, 4.69) is 16.0 Å². The molecule has 0 saturated carbocycles. The molecule has 0 unspecified atom stereocenters. The summed E-state index contributed by atoms with van der Waals surface area (Å²) < 4.78 is 0. The fourth-order valence-corrected chi connectivity index (χ4v) is 2.18. The second-order valence-electron chi connectivity index (χ2n) is 4.98. The molecule has 2 rings (SSSR count). The zero-order chi connectivity index (χ0) is 16.8. The molecule has 0 atom stereocenters. The van der Waals surface area contributed by atoms with Gasteiger partial charge in [-0.3, -0.25) is 4.79 Å². The van der Waals surface area contributed by atoms with Crippen molar-refractivity contribution in [2.24, 2.45) is 0 Å². The van der Waals surface area contributed by atoms with Gasteiger partial charge in [-0.15, -0.1) is 0 Å². The van der Waals surface area contributed by atoms with Gasteiger partial charge >= 0.3 is 6.03 Å². The molecule has 3 N–H and O–H groups in total. The van der Waals surface area contributed by atoms with Crippen molar-refractivity contribution in [2.75, 3.05) is 17.2 Å². The highest BCUT2D eigenvalue weighted by Gasteiger charge is 2.09. The molecule has 0 aliphatic carbocycles. The first-order valence-electron chi connectivity index (χ1n) is 7.22. The van der Waals surface area contributed by atoms with Gasteiger partial charge in [-0.25, -0.2) is 4.79 Å². The first-order valence-corrected chi connectivity index (χ1v) is 7.60. The van der Waals surface area contributed by atoms with Crippen LogP contribution in [0.4, 0.5) is 16.2 Å². The minimum Gasteiger partial charge on any atom is -0.338 e. The van der Waals surface area contributed by atoms with Crippen molar-refractivity contribution in [3.63, 3.8) is 0 Å². The van der Waals surface area contributed by atoms with E-state index >= 15 is 0 Å². The van der Waals surface area contributed by atoms with Crippen molar-refractivity contribution in [2.45, 2.75) is 13.8 Å². The Morgan fingerprint density at radius 1 is 1.09 bits per heavy atom. The smallest absolute Gasteiger partial charge is 0.319 e. The predicted molar refractivity (Wildman–Crippen MR) is 93.3 cm³/mol. The summed E-state index contributed by atoms with van der Waals surface area (Å²) in [6, 6.07) is 11.7. The molecule has 23 heavy (non-hydrogen) atoms. The molecule has 3 amide bonds. The summed E-state index contributed by atoms with van der Waals surface area (Å²) in [7, 11) is 0. The topological polar surface area (TPSA) is 70.2 Å². The third-order valence-electron chi connectivity index (χ3n) is 3.17. The zero-order valence-corrected chi connectivity index (χ0v) is 13.7. The Hall–Kier alpha value is -2.53. The summed E-state index contributed by atoms with van der Waals surface area (Å²) in [5.74, 6) is -0.259. The van der Waals surface area contributed by atoms with Crippen LogP contribution in [0.3, 0.4) is 0 Å². The summed E-state index contributed by atoms with van der Waals surface area (Å²) in [5.41, 5.74) is 2.59. The summed E-state index contributed by atoms with van der Waals surface area (Å²) in [6.07, 6.45) is 0. The van der Waals surface area contributed by atoms with Crippen LogP contribution in [0.1, 0.15) is 22.8 Å². The number of nitrogens with one attached hydrogen (secondary N) is 3. The third kappa shape index (κ3) is 4.72. The molecule has 0 saturated heterocycles. The number of carbonyl (C=O) groups is 2. The Bertz CT molecular complexity index is 732. The Morgan fingerprint density at radius 3 is 2.57 bits per heavy atom. The van der Waals surface area contributed by atoms with Crippen molar-refractivity contribution >= 4 is 34.9 Å². The van der Waals surface area contributed by atoms with E-state index in [4.69, 9.17) is 11.6 Å². The molecule has 0 bridgehead atoms. The number of anilines is 2. The molecular weight excluding hydrogens is 314 g/mol. The van der Waals surface area contributed by atoms with Crippen molar-refractivity contribution in [3.05, 3.63) is 58.6 Å². The summed E-state index contributed by atoms with van der Waals surface area (Å²) in [5, 5.41) is 8.69. The van der Waals surface area contributed by atoms with Gasteiger partial charge in [0.15, 0.2) is 0 Å². The van der Waals surface area contributed by atoms with E-state index in [1.54, 1.807) is 36.4 Å². The van der Waals surface area contributed by atoms with Gasteiger partial charge in [0.2, 0.25) is 0 Å². The van der Waals surface area contributed by atoms with E-state index in [1.807, 2.05) is 19.9 Å². The Morgan fingerprint density at radius 2 is 1.87 bits per heavy atom. The maximum Gasteiger partial charge on any atom is 0.319 e. The zero-order valence-electron chi connectivity index (χ0n) is 12.9. The minimum absolute atomic E-state index is 0.259. The summed E-state index contributed by atoms with van der Waals surface area (Å²) >= 11 is 5.90. The maximum absolute atomic E-state index is 12.3. The van der Waals surface area contributed by atoms with Crippen LogP contribution in [0.5, 0.6) is 0 Å². The van der Waals surface area contributed by atoms with E-state index in [-0.39, 0.29) is 11.9 Å². The fraction of sp³-hybridized carbons (Fsp3) is 0.176. The van der Waals surface area contributed by atoms with Gasteiger partial charge in [0.1, 0.15) is 0 Å². The van der Waals surface area contributed by atoms with Crippen molar-refractivity contribution < 1.29 is 9.59 Å². The average molecular weight is 332 g/mol. The second-order valence-corrected chi connectivity index (χ2v) is 5.42. The number of halogens is 1.